The summed E-state index contributed by atoms with van der Waals surface area (Å²) in [4.78, 5) is 4.58. The van der Waals surface area contributed by atoms with E-state index in [0.717, 1.165) is 5.69 Å². The van der Waals surface area contributed by atoms with Gasteiger partial charge < -0.3 is 0 Å². The molecule has 0 amide bonds. The molecule has 1 nitrogen and oxygen atoms in total. The number of hydrogen-bond donors (Lipinski definition) is 0. The largest absolute Gasteiger partial charge is 0.258 e. The lowest BCUT2D eigenvalue weighted by atomic mass is 10.00. The Balaban J connectivity index is 2.52. The lowest BCUT2D eigenvalue weighted by Crippen LogP contribution is -1.95. The van der Waals surface area contributed by atoms with Crippen LogP contribution < -0.4 is 0 Å². The van der Waals surface area contributed by atoms with Gasteiger partial charge in [0.2, 0.25) is 0 Å². The predicted octanol–water partition coefficient (Wildman–Crippen LogP) is 4.49. The third-order valence-electron chi connectivity index (χ3n) is 2.92. The van der Waals surface area contributed by atoms with E-state index in [1.165, 1.54) is 22.4 Å². The fourth-order valence-corrected chi connectivity index (χ4v) is 1.98. The SMILES string of the molecule is Cc1cccc(-c2cc(C)nc(C(C)C)c2)c1. The van der Waals surface area contributed by atoms with Gasteiger partial charge in [0.1, 0.15) is 0 Å². The van der Waals surface area contributed by atoms with Gasteiger partial charge in [-0.05, 0) is 43.0 Å². The second-order valence-electron chi connectivity index (χ2n) is 4.95. The molecule has 0 fully saturated rings. The Labute approximate surface area is 104 Å². The maximum Gasteiger partial charge on any atom is 0.0438 e. The third kappa shape index (κ3) is 2.73. The van der Waals surface area contributed by atoms with Crippen LogP contribution in [0.1, 0.15) is 36.7 Å². The van der Waals surface area contributed by atoms with E-state index in [1.54, 1.807) is 0 Å². The highest BCUT2D eigenvalue weighted by molar-refractivity contribution is 5.65. The third-order valence-corrected chi connectivity index (χ3v) is 2.92. The summed E-state index contributed by atoms with van der Waals surface area (Å²) < 4.78 is 0. The zero-order chi connectivity index (χ0) is 12.4. The lowest BCUT2D eigenvalue weighted by molar-refractivity contribution is 0.816. The molecule has 2 aromatic rings. The number of aromatic nitrogens is 1. The van der Waals surface area contributed by atoms with Crippen LogP contribution in [0.15, 0.2) is 36.4 Å². The van der Waals surface area contributed by atoms with Crippen LogP contribution in [0.3, 0.4) is 0 Å². The number of rotatable bonds is 2. The van der Waals surface area contributed by atoms with Crippen LogP contribution >= 0.6 is 0 Å². The van der Waals surface area contributed by atoms with Crippen molar-refractivity contribution in [2.75, 3.05) is 0 Å². The second kappa shape index (κ2) is 4.70. The topological polar surface area (TPSA) is 12.9 Å². The first-order valence-corrected chi connectivity index (χ1v) is 6.12. The lowest BCUT2D eigenvalue weighted by Gasteiger charge is -2.10. The van der Waals surface area contributed by atoms with Gasteiger partial charge in [0.05, 0.1) is 0 Å². The van der Waals surface area contributed by atoms with Crippen LogP contribution in [0.2, 0.25) is 0 Å². The molecule has 0 unspecified atom stereocenters. The minimum absolute atomic E-state index is 0.471. The average Bonchev–Trinajstić information content (AvgIpc) is 2.28. The Hall–Kier alpha value is -1.63. The standard InChI is InChI=1S/C16H19N/c1-11(2)16-10-15(9-13(4)17-16)14-7-5-6-12(3)8-14/h5-11H,1-4H3. The molecule has 0 aliphatic rings. The quantitative estimate of drug-likeness (QED) is 0.734. The zero-order valence-corrected chi connectivity index (χ0v) is 11.0. The first kappa shape index (κ1) is 11.8. The summed E-state index contributed by atoms with van der Waals surface area (Å²) in [6.45, 7) is 8.55. The summed E-state index contributed by atoms with van der Waals surface area (Å²) in [5, 5.41) is 0. The molecule has 0 bridgehead atoms. The number of benzene rings is 1. The maximum absolute atomic E-state index is 4.58. The van der Waals surface area contributed by atoms with Crippen molar-refractivity contribution in [2.45, 2.75) is 33.6 Å². The Morgan fingerprint density at radius 2 is 1.71 bits per heavy atom. The van der Waals surface area contributed by atoms with Crippen molar-refractivity contribution < 1.29 is 0 Å². The Bertz CT molecular complexity index is 527. The fraction of sp³-hybridized carbons (Fsp3) is 0.312. The minimum Gasteiger partial charge on any atom is -0.258 e. The van der Waals surface area contributed by atoms with Crippen molar-refractivity contribution in [3.63, 3.8) is 0 Å². The van der Waals surface area contributed by atoms with Gasteiger partial charge in [-0.3, -0.25) is 4.98 Å². The molecule has 1 heterocycles. The summed E-state index contributed by atoms with van der Waals surface area (Å²) in [6.07, 6.45) is 0. The van der Waals surface area contributed by atoms with Crippen molar-refractivity contribution in [3.05, 3.63) is 53.3 Å². The molecule has 88 valence electrons. The predicted molar refractivity (Wildman–Crippen MR) is 73.2 cm³/mol. The molecular weight excluding hydrogens is 206 g/mol. The fourth-order valence-electron chi connectivity index (χ4n) is 1.98. The van der Waals surface area contributed by atoms with E-state index in [4.69, 9.17) is 0 Å². The molecule has 0 spiro atoms. The molecule has 0 aliphatic heterocycles. The first-order chi connectivity index (χ1) is 8.06. The monoisotopic (exact) mass is 225 g/mol. The maximum atomic E-state index is 4.58. The Morgan fingerprint density at radius 1 is 0.941 bits per heavy atom. The van der Waals surface area contributed by atoms with Gasteiger partial charge >= 0.3 is 0 Å². The molecule has 1 aromatic carbocycles. The summed E-state index contributed by atoms with van der Waals surface area (Å²) in [5.74, 6) is 0.471. The van der Waals surface area contributed by atoms with E-state index < -0.39 is 0 Å². The van der Waals surface area contributed by atoms with Crippen LogP contribution in [0.4, 0.5) is 0 Å². The average molecular weight is 225 g/mol. The number of aryl methyl sites for hydroxylation is 2. The van der Waals surface area contributed by atoms with Crippen LogP contribution in [0, 0.1) is 13.8 Å². The molecule has 0 aliphatic carbocycles. The molecule has 1 aromatic heterocycles. The van der Waals surface area contributed by atoms with Crippen LogP contribution in [0.5, 0.6) is 0 Å². The van der Waals surface area contributed by atoms with Gasteiger partial charge in [-0.15, -0.1) is 0 Å². The van der Waals surface area contributed by atoms with E-state index in [1.807, 2.05) is 0 Å². The van der Waals surface area contributed by atoms with Gasteiger partial charge in [0.15, 0.2) is 0 Å². The molecule has 0 saturated carbocycles. The molecular formula is C16H19N. The summed E-state index contributed by atoms with van der Waals surface area (Å²) >= 11 is 0. The number of nitrogens with zero attached hydrogens (tertiary/aromatic N) is 1. The van der Waals surface area contributed by atoms with Crippen molar-refractivity contribution in [3.8, 4) is 11.1 Å². The van der Waals surface area contributed by atoms with Gasteiger partial charge in [-0.2, -0.15) is 0 Å². The Morgan fingerprint density at radius 3 is 2.35 bits per heavy atom. The minimum atomic E-state index is 0.471. The van der Waals surface area contributed by atoms with Gasteiger partial charge in [0.25, 0.3) is 0 Å². The molecule has 17 heavy (non-hydrogen) atoms. The second-order valence-corrected chi connectivity index (χ2v) is 4.95. The highest BCUT2D eigenvalue weighted by atomic mass is 14.7. The highest BCUT2D eigenvalue weighted by Crippen LogP contribution is 2.24. The van der Waals surface area contributed by atoms with E-state index in [0.29, 0.717) is 5.92 Å². The van der Waals surface area contributed by atoms with E-state index in [-0.39, 0.29) is 0 Å². The van der Waals surface area contributed by atoms with Crippen LogP contribution in [-0.2, 0) is 0 Å². The van der Waals surface area contributed by atoms with E-state index in [9.17, 15) is 0 Å². The van der Waals surface area contributed by atoms with Gasteiger partial charge in [-0.25, -0.2) is 0 Å². The smallest absolute Gasteiger partial charge is 0.0438 e. The van der Waals surface area contributed by atoms with Crippen molar-refractivity contribution >= 4 is 0 Å². The van der Waals surface area contributed by atoms with Gasteiger partial charge in [0, 0.05) is 11.4 Å². The Kier molecular flexibility index (Phi) is 3.28. The first-order valence-electron chi connectivity index (χ1n) is 6.12. The van der Waals surface area contributed by atoms with Gasteiger partial charge in [-0.1, -0.05) is 43.7 Å². The summed E-state index contributed by atoms with van der Waals surface area (Å²) in [6, 6.07) is 13.0. The van der Waals surface area contributed by atoms with Crippen molar-refractivity contribution in [1.82, 2.24) is 4.98 Å². The van der Waals surface area contributed by atoms with E-state index >= 15 is 0 Å². The molecule has 0 N–H and O–H groups in total. The number of hydrogen-bond acceptors (Lipinski definition) is 1. The van der Waals surface area contributed by atoms with E-state index in [2.05, 4.69) is 69.1 Å². The molecule has 1 heteroatoms. The molecule has 0 atom stereocenters. The molecule has 2 rings (SSSR count). The number of pyridine rings is 1. The molecule has 0 saturated heterocycles. The molecule has 0 radical (unpaired) electrons. The summed E-state index contributed by atoms with van der Waals surface area (Å²) in [7, 11) is 0. The van der Waals surface area contributed by atoms with Crippen LogP contribution in [0.25, 0.3) is 11.1 Å². The summed E-state index contributed by atoms with van der Waals surface area (Å²) in [5.41, 5.74) is 6.10. The normalized spacial score (nSPS) is 10.9. The van der Waals surface area contributed by atoms with Crippen molar-refractivity contribution in [1.29, 1.82) is 0 Å². The van der Waals surface area contributed by atoms with Crippen molar-refractivity contribution in [2.24, 2.45) is 0 Å². The highest BCUT2D eigenvalue weighted by Gasteiger charge is 2.05. The van der Waals surface area contributed by atoms with Crippen LogP contribution in [-0.4, -0.2) is 4.98 Å². The zero-order valence-electron chi connectivity index (χ0n) is 11.0.